The molecule has 0 atom stereocenters. The average Bonchev–Trinajstić information content (AvgIpc) is 2.94. The van der Waals surface area contributed by atoms with Gasteiger partial charge < -0.3 is 15.4 Å². The second kappa shape index (κ2) is 13.7. The molecule has 0 bridgehead atoms. The maximum atomic E-state index is 13.0. The molecule has 214 valence electrons. The minimum Gasteiger partial charge on any atom is -0.450 e. The fourth-order valence-corrected chi connectivity index (χ4v) is 5.80. The molecule has 0 aromatic heterocycles. The van der Waals surface area contributed by atoms with E-state index in [1.54, 1.807) is 36.4 Å². The Labute approximate surface area is 249 Å². The summed E-state index contributed by atoms with van der Waals surface area (Å²) in [6.45, 7) is 3.08. The standard InChI is InChI=1S/C30H29Cl2N3O5S/c1-2-3-13-40-30(37)34-19-21-9-7-20(8-10-21)18-33-29(36)28-6-4-5-22-14-25(11-12-27(22)28)35-41(38,39)26-16-23(31)15-24(32)17-26/h4-12,14-17,35H,2-3,13,18-19H2,1H3,(H,33,36)(H,34,37). The van der Waals surface area contributed by atoms with Crippen LogP contribution in [0.2, 0.25) is 10.0 Å². The minimum absolute atomic E-state index is 0.0579. The molecule has 0 aliphatic rings. The highest BCUT2D eigenvalue weighted by Crippen LogP contribution is 2.27. The summed E-state index contributed by atoms with van der Waals surface area (Å²) in [5.41, 5.74) is 2.59. The number of nitrogens with one attached hydrogen (secondary N) is 3. The van der Waals surface area contributed by atoms with Gasteiger partial charge in [-0.1, -0.05) is 79.0 Å². The smallest absolute Gasteiger partial charge is 0.407 e. The number of rotatable bonds is 11. The fourth-order valence-electron chi connectivity index (χ4n) is 4.03. The van der Waals surface area contributed by atoms with Crippen LogP contribution >= 0.6 is 23.2 Å². The zero-order valence-electron chi connectivity index (χ0n) is 22.2. The third-order valence-corrected chi connectivity index (χ3v) is 7.96. The number of fused-ring (bicyclic) bond motifs is 1. The van der Waals surface area contributed by atoms with Gasteiger partial charge in [-0.05, 0) is 64.7 Å². The summed E-state index contributed by atoms with van der Waals surface area (Å²) < 4.78 is 33.3. The van der Waals surface area contributed by atoms with E-state index in [1.807, 2.05) is 31.2 Å². The van der Waals surface area contributed by atoms with Crippen LogP contribution in [-0.4, -0.2) is 27.0 Å². The quantitative estimate of drug-likeness (QED) is 0.159. The number of anilines is 1. The first kappa shape index (κ1) is 30.2. The van der Waals surface area contributed by atoms with E-state index in [4.69, 9.17) is 27.9 Å². The van der Waals surface area contributed by atoms with Crippen molar-refractivity contribution in [3.8, 4) is 0 Å². The summed E-state index contributed by atoms with van der Waals surface area (Å²) in [6, 6.07) is 21.8. The van der Waals surface area contributed by atoms with Crippen molar-refractivity contribution in [2.45, 2.75) is 37.8 Å². The zero-order chi connectivity index (χ0) is 29.4. The summed E-state index contributed by atoms with van der Waals surface area (Å²) in [6.07, 6.45) is 1.34. The zero-order valence-corrected chi connectivity index (χ0v) is 24.6. The van der Waals surface area contributed by atoms with Crippen LogP contribution in [0.1, 0.15) is 41.3 Å². The van der Waals surface area contributed by atoms with Crippen LogP contribution < -0.4 is 15.4 Å². The maximum absolute atomic E-state index is 13.0. The Hall–Kier alpha value is -3.79. The number of hydrogen-bond acceptors (Lipinski definition) is 5. The van der Waals surface area contributed by atoms with Crippen molar-refractivity contribution < 1.29 is 22.7 Å². The molecule has 0 aliphatic carbocycles. The van der Waals surface area contributed by atoms with Crippen molar-refractivity contribution in [2.24, 2.45) is 0 Å². The predicted molar refractivity (Wildman–Crippen MR) is 162 cm³/mol. The number of carbonyl (C=O) groups excluding carboxylic acids is 2. The highest BCUT2D eigenvalue weighted by Gasteiger charge is 2.17. The van der Waals surface area contributed by atoms with Crippen molar-refractivity contribution >= 4 is 61.7 Å². The van der Waals surface area contributed by atoms with Gasteiger partial charge in [-0.15, -0.1) is 0 Å². The molecule has 0 aliphatic heterocycles. The van der Waals surface area contributed by atoms with Gasteiger partial charge in [0.25, 0.3) is 15.9 Å². The van der Waals surface area contributed by atoms with Crippen molar-refractivity contribution in [2.75, 3.05) is 11.3 Å². The Morgan fingerprint density at radius 3 is 2.15 bits per heavy atom. The Morgan fingerprint density at radius 2 is 1.49 bits per heavy atom. The van der Waals surface area contributed by atoms with Crippen molar-refractivity contribution in [1.82, 2.24) is 10.6 Å². The van der Waals surface area contributed by atoms with Gasteiger partial charge in [0.1, 0.15) is 0 Å². The normalized spacial score (nSPS) is 11.2. The number of ether oxygens (including phenoxy) is 1. The number of alkyl carbamates (subject to hydrolysis) is 1. The number of amides is 2. The van der Waals surface area contributed by atoms with Crippen LogP contribution in [0.3, 0.4) is 0 Å². The van der Waals surface area contributed by atoms with E-state index in [0.717, 1.165) is 24.0 Å². The van der Waals surface area contributed by atoms with Gasteiger partial charge in [0.15, 0.2) is 0 Å². The topological polar surface area (TPSA) is 114 Å². The lowest BCUT2D eigenvalue weighted by molar-refractivity contribution is 0.0952. The number of hydrogen-bond donors (Lipinski definition) is 3. The number of carbonyl (C=O) groups is 2. The lowest BCUT2D eigenvalue weighted by Crippen LogP contribution is -2.24. The second-order valence-electron chi connectivity index (χ2n) is 9.29. The first-order valence-electron chi connectivity index (χ1n) is 12.9. The Bertz CT molecular complexity index is 1640. The molecule has 4 aromatic carbocycles. The van der Waals surface area contributed by atoms with Gasteiger partial charge in [0, 0.05) is 34.4 Å². The van der Waals surface area contributed by atoms with Crippen LogP contribution in [0.4, 0.5) is 10.5 Å². The largest absolute Gasteiger partial charge is 0.450 e. The first-order chi connectivity index (χ1) is 19.6. The molecule has 0 heterocycles. The number of halogens is 2. The molecule has 0 spiro atoms. The Kier molecular flexibility index (Phi) is 10.1. The van der Waals surface area contributed by atoms with Gasteiger partial charge in [0.05, 0.1) is 11.5 Å². The molecule has 11 heteroatoms. The highest BCUT2D eigenvalue weighted by molar-refractivity contribution is 7.92. The van der Waals surface area contributed by atoms with E-state index < -0.39 is 16.1 Å². The van der Waals surface area contributed by atoms with E-state index in [0.29, 0.717) is 41.7 Å². The summed E-state index contributed by atoms with van der Waals surface area (Å²) in [5.74, 6) is -0.266. The molecular formula is C30H29Cl2N3O5S. The van der Waals surface area contributed by atoms with E-state index in [2.05, 4.69) is 15.4 Å². The lowest BCUT2D eigenvalue weighted by atomic mass is 10.0. The minimum atomic E-state index is -3.93. The monoisotopic (exact) mass is 613 g/mol. The molecule has 8 nitrogen and oxygen atoms in total. The molecule has 2 amide bonds. The number of sulfonamides is 1. The molecule has 4 rings (SSSR count). The molecule has 4 aromatic rings. The summed E-state index contributed by atoms with van der Waals surface area (Å²) >= 11 is 11.9. The summed E-state index contributed by atoms with van der Waals surface area (Å²) in [7, 11) is -3.93. The SMILES string of the molecule is CCCCOC(=O)NCc1ccc(CNC(=O)c2cccc3cc(NS(=O)(=O)c4cc(Cl)cc(Cl)c4)ccc23)cc1. The molecular weight excluding hydrogens is 585 g/mol. The summed E-state index contributed by atoms with van der Waals surface area (Å²) in [4.78, 5) is 24.7. The Morgan fingerprint density at radius 1 is 0.829 bits per heavy atom. The number of benzene rings is 4. The fraction of sp³-hybridized carbons (Fsp3) is 0.200. The van der Waals surface area contributed by atoms with Gasteiger partial charge >= 0.3 is 6.09 Å². The third-order valence-electron chi connectivity index (χ3n) is 6.17. The maximum Gasteiger partial charge on any atom is 0.407 e. The molecule has 41 heavy (non-hydrogen) atoms. The van der Waals surface area contributed by atoms with Crippen LogP contribution in [0.5, 0.6) is 0 Å². The van der Waals surface area contributed by atoms with Crippen LogP contribution in [0.15, 0.2) is 83.8 Å². The van der Waals surface area contributed by atoms with Gasteiger partial charge in [-0.3, -0.25) is 9.52 Å². The molecule has 0 saturated heterocycles. The molecule has 0 unspecified atom stereocenters. The van der Waals surface area contributed by atoms with Gasteiger partial charge in [-0.25, -0.2) is 13.2 Å². The lowest BCUT2D eigenvalue weighted by Gasteiger charge is -2.12. The second-order valence-corrected chi connectivity index (χ2v) is 11.8. The molecule has 0 radical (unpaired) electrons. The first-order valence-corrected chi connectivity index (χ1v) is 15.2. The molecule has 0 saturated carbocycles. The van der Waals surface area contributed by atoms with Crippen LogP contribution in [0, 0.1) is 0 Å². The van der Waals surface area contributed by atoms with Gasteiger partial charge in [0.2, 0.25) is 0 Å². The average molecular weight is 615 g/mol. The predicted octanol–water partition coefficient (Wildman–Crippen LogP) is 6.90. The van der Waals surface area contributed by atoms with Crippen molar-refractivity contribution in [3.05, 3.63) is 106 Å². The van der Waals surface area contributed by atoms with Crippen molar-refractivity contribution in [3.63, 3.8) is 0 Å². The number of unbranched alkanes of at least 4 members (excludes halogenated alkanes) is 1. The van der Waals surface area contributed by atoms with E-state index in [-0.39, 0.29) is 20.8 Å². The van der Waals surface area contributed by atoms with Crippen LogP contribution in [-0.2, 0) is 27.8 Å². The molecule has 3 N–H and O–H groups in total. The van der Waals surface area contributed by atoms with E-state index in [9.17, 15) is 18.0 Å². The van der Waals surface area contributed by atoms with Gasteiger partial charge in [-0.2, -0.15) is 0 Å². The third kappa shape index (κ3) is 8.36. The van der Waals surface area contributed by atoms with Crippen LogP contribution in [0.25, 0.3) is 10.8 Å². The van der Waals surface area contributed by atoms with E-state index >= 15 is 0 Å². The van der Waals surface area contributed by atoms with E-state index in [1.165, 1.54) is 18.2 Å². The highest BCUT2D eigenvalue weighted by atomic mass is 35.5. The summed E-state index contributed by atoms with van der Waals surface area (Å²) in [5, 5.41) is 7.42. The Balaban J connectivity index is 1.38. The van der Waals surface area contributed by atoms with Crippen molar-refractivity contribution in [1.29, 1.82) is 0 Å². The molecule has 0 fully saturated rings.